The van der Waals surface area contributed by atoms with Crippen LogP contribution >= 0.6 is 0 Å². The van der Waals surface area contributed by atoms with E-state index >= 15 is 0 Å². The van der Waals surface area contributed by atoms with Crippen LogP contribution in [-0.2, 0) is 14.3 Å². The summed E-state index contributed by atoms with van der Waals surface area (Å²) in [7, 11) is 0. The van der Waals surface area contributed by atoms with Gasteiger partial charge in [0.25, 0.3) is 0 Å². The van der Waals surface area contributed by atoms with Gasteiger partial charge in [-0.15, -0.1) is 0 Å². The summed E-state index contributed by atoms with van der Waals surface area (Å²) in [6.45, 7) is 8.82. The van der Waals surface area contributed by atoms with Gasteiger partial charge in [0.05, 0.1) is 23.9 Å². The maximum absolute atomic E-state index is 12.8. The van der Waals surface area contributed by atoms with E-state index in [1.807, 2.05) is 29.2 Å². The summed E-state index contributed by atoms with van der Waals surface area (Å²) >= 11 is 0. The Morgan fingerprint density at radius 2 is 1.78 bits per heavy atom. The van der Waals surface area contributed by atoms with E-state index in [0.717, 1.165) is 68.1 Å². The number of fused-ring (bicyclic) bond motifs is 1. The van der Waals surface area contributed by atoms with E-state index in [0.29, 0.717) is 37.8 Å². The highest BCUT2D eigenvalue weighted by Crippen LogP contribution is 2.25. The Morgan fingerprint density at radius 3 is 2.54 bits per heavy atom. The number of hydrogen-bond acceptors (Lipinski definition) is 13. The maximum Gasteiger partial charge on any atom is 0.323 e. The fourth-order valence-electron chi connectivity index (χ4n) is 6.32. The summed E-state index contributed by atoms with van der Waals surface area (Å²) in [5.74, 6) is 6.39. The van der Waals surface area contributed by atoms with Crippen molar-refractivity contribution >= 4 is 46.5 Å². The van der Waals surface area contributed by atoms with Gasteiger partial charge in [-0.05, 0) is 90.6 Å². The minimum atomic E-state index is -0.797. The number of ether oxygens (including phenoxy) is 1. The predicted molar refractivity (Wildman–Crippen MR) is 202 cm³/mol. The molecule has 1 saturated carbocycles. The van der Waals surface area contributed by atoms with Crippen LogP contribution in [0.25, 0.3) is 10.9 Å². The zero-order valence-corrected chi connectivity index (χ0v) is 30.0. The molecule has 1 aliphatic heterocycles. The molecule has 0 bridgehead atoms. The van der Waals surface area contributed by atoms with E-state index in [9.17, 15) is 9.59 Å². The minimum absolute atomic E-state index is 0.000744. The Labute approximate surface area is 297 Å². The number of benzene rings is 1. The van der Waals surface area contributed by atoms with Crippen LogP contribution in [0.15, 0.2) is 34.4 Å². The number of carbonyl (C=O) groups is 2. The van der Waals surface area contributed by atoms with Gasteiger partial charge < -0.3 is 42.5 Å². The lowest BCUT2D eigenvalue weighted by molar-refractivity contribution is -0.149. The first-order valence-electron chi connectivity index (χ1n) is 18.5. The van der Waals surface area contributed by atoms with Gasteiger partial charge in [0.15, 0.2) is 0 Å². The topological polar surface area (TPSA) is 197 Å². The van der Waals surface area contributed by atoms with Crippen molar-refractivity contribution in [2.75, 3.05) is 56.4 Å². The number of esters is 1. The molecule has 1 aliphatic carbocycles. The molecule has 4 rings (SSSR count). The minimum Gasteiger partial charge on any atom is -0.462 e. The van der Waals surface area contributed by atoms with Crippen molar-refractivity contribution in [1.29, 1.82) is 0 Å². The lowest BCUT2D eigenvalue weighted by atomic mass is 9.95. The molecule has 1 atom stereocenters. The van der Waals surface area contributed by atoms with E-state index < -0.39 is 12.0 Å². The van der Waals surface area contributed by atoms with E-state index in [1.165, 1.54) is 32.1 Å². The first-order valence-corrected chi connectivity index (χ1v) is 18.5. The standard InChI is InChI=1S/C36H59N11O3/c1-26(2)50-35(49)31(37)14-15-33(48)47-22-16-28(17-23-47)43-34-30-12-6-7-13-32(30)44-36(45-34)42-25-29(46-38)24-40-20-8-18-39-19-9-21-41-27-10-4-3-5-11-27/h6-7,12-13,24,26-28,31,39,41H,3-5,8-11,14-23,25,37-38H2,1-2H3,(H2,42,43,44,45)/t31-/m0/s1. The number of nitrogens with zero attached hydrogens (tertiary/aromatic N) is 5. The summed E-state index contributed by atoms with van der Waals surface area (Å²) in [6.07, 6.45) is 12.3. The van der Waals surface area contributed by atoms with Crippen LogP contribution in [-0.4, -0.2) is 109 Å². The molecule has 1 saturated heterocycles. The number of likely N-dealkylation sites (tertiary alicyclic amines) is 1. The zero-order chi connectivity index (χ0) is 35.6. The van der Waals surface area contributed by atoms with Gasteiger partial charge in [-0.1, -0.05) is 31.4 Å². The van der Waals surface area contributed by atoms with Gasteiger partial charge in [0.1, 0.15) is 11.9 Å². The third-order valence-electron chi connectivity index (χ3n) is 9.16. The van der Waals surface area contributed by atoms with E-state index in [-0.39, 0.29) is 30.9 Å². The molecule has 1 aromatic heterocycles. The molecule has 14 heteroatoms. The van der Waals surface area contributed by atoms with Gasteiger partial charge in [0.2, 0.25) is 11.9 Å². The quantitative estimate of drug-likeness (QED) is 0.0392. The molecule has 2 aromatic rings. The predicted octanol–water partition coefficient (Wildman–Crippen LogP) is 3.18. The number of hydrogen-bond donors (Lipinski definition) is 6. The molecular formula is C36H59N11O3. The van der Waals surface area contributed by atoms with Crippen LogP contribution in [0.3, 0.4) is 0 Å². The summed E-state index contributed by atoms with van der Waals surface area (Å²) in [4.78, 5) is 40.7. The summed E-state index contributed by atoms with van der Waals surface area (Å²) in [5, 5.41) is 18.9. The van der Waals surface area contributed by atoms with Crippen molar-refractivity contribution in [3.8, 4) is 0 Å². The molecule has 2 heterocycles. The lowest BCUT2D eigenvalue weighted by Crippen LogP contribution is -2.43. The first-order chi connectivity index (χ1) is 24.3. The van der Waals surface area contributed by atoms with Crippen LogP contribution in [0.5, 0.6) is 0 Å². The van der Waals surface area contributed by atoms with E-state index in [4.69, 9.17) is 26.3 Å². The van der Waals surface area contributed by atoms with Crippen LogP contribution in [0.2, 0.25) is 0 Å². The summed E-state index contributed by atoms with van der Waals surface area (Å²) < 4.78 is 5.15. The molecule has 276 valence electrons. The first kappa shape index (κ1) is 38.9. The molecule has 50 heavy (non-hydrogen) atoms. The Morgan fingerprint density at radius 1 is 1.02 bits per heavy atom. The number of hydrazone groups is 1. The molecule has 0 unspecified atom stereocenters. The van der Waals surface area contributed by atoms with Gasteiger partial charge in [-0.2, -0.15) is 10.1 Å². The largest absolute Gasteiger partial charge is 0.462 e. The fraction of sp³-hybridized carbons (Fsp3) is 0.667. The molecule has 14 nitrogen and oxygen atoms in total. The monoisotopic (exact) mass is 693 g/mol. The van der Waals surface area contributed by atoms with Crippen LogP contribution in [0.4, 0.5) is 11.8 Å². The Balaban J connectivity index is 1.17. The zero-order valence-electron chi connectivity index (χ0n) is 30.0. The number of para-hydroxylation sites is 1. The number of amides is 1. The Bertz CT molecular complexity index is 1390. The van der Waals surface area contributed by atoms with Crippen molar-refractivity contribution in [3.05, 3.63) is 24.3 Å². The molecular weight excluding hydrogens is 634 g/mol. The average Bonchev–Trinajstić information content (AvgIpc) is 3.13. The highest BCUT2D eigenvalue weighted by molar-refractivity contribution is 6.32. The smallest absolute Gasteiger partial charge is 0.323 e. The fourth-order valence-corrected chi connectivity index (χ4v) is 6.32. The van der Waals surface area contributed by atoms with Crippen molar-refractivity contribution in [3.63, 3.8) is 0 Å². The maximum atomic E-state index is 12.8. The van der Waals surface area contributed by atoms with Crippen LogP contribution in [0, 0.1) is 0 Å². The molecule has 8 N–H and O–H groups in total. The molecule has 1 amide bonds. The highest BCUT2D eigenvalue weighted by atomic mass is 16.5. The number of nitrogens with one attached hydrogen (secondary N) is 4. The van der Waals surface area contributed by atoms with Crippen molar-refractivity contribution in [1.82, 2.24) is 25.5 Å². The Hall–Kier alpha value is -3.88. The average molecular weight is 694 g/mol. The van der Waals surface area contributed by atoms with Gasteiger partial charge >= 0.3 is 5.97 Å². The number of carbonyl (C=O) groups excluding carboxylic acids is 2. The van der Waals surface area contributed by atoms with Gasteiger partial charge in [-0.25, -0.2) is 4.98 Å². The Kier molecular flexibility index (Phi) is 16.6. The molecule has 2 fully saturated rings. The lowest BCUT2D eigenvalue weighted by Gasteiger charge is -2.33. The number of aliphatic imine (C=N–C) groups is 1. The van der Waals surface area contributed by atoms with Crippen LogP contribution < -0.4 is 32.8 Å². The number of rotatable bonds is 20. The third kappa shape index (κ3) is 13.4. The number of anilines is 2. The van der Waals surface area contributed by atoms with Crippen LogP contribution in [0.1, 0.15) is 84.5 Å². The SMILES string of the molecule is CC(C)OC(=O)[C@@H](N)CCC(=O)N1CCC(Nc2nc(NCC(C=NCCCNCCCNC3CCCCC3)=NN)nc3ccccc23)CC1. The molecule has 0 spiro atoms. The van der Waals surface area contributed by atoms with Crippen molar-refractivity contribution in [2.45, 2.75) is 109 Å². The highest BCUT2D eigenvalue weighted by Gasteiger charge is 2.25. The number of nitrogens with two attached hydrogens (primary N) is 2. The molecule has 0 radical (unpaired) electrons. The summed E-state index contributed by atoms with van der Waals surface area (Å²) in [6, 6.07) is 7.92. The van der Waals surface area contributed by atoms with Gasteiger partial charge in [0, 0.05) is 49.7 Å². The van der Waals surface area contributed by atoms with E-state index in [1.54, 1.807) is 20.1 Å². The van der Waals surface area contributed by atoms with Gasteiger partial charge in [-0.3, -0.25) is 14.6 Å². The third-order valence-corrected chi connectivity index (χ3v) is 9.16. The second-order valence-electron chi connectivity index (χ2n) is 13.6. The number of piperidine rings is 1. The second-order valence-corrected chi connectivity index (χ2v) is 13.6. The second kappa shape index (κ2) is 21.4. The number of aromatic nitrogens is 2. The normalized spacial score (nSPS) is 17.0. The molecule has 2 aliphatic rings. The molecule has 1 aromatic carbocycles. The van der Waals surface area contributed by atoms with Crippen molar-refractivity contribution in [2.24, 2.45) is 21.7 Å². The summed E-state index contributed by atoms with van der Waals surface area (Å²) in [5.41, 5.74) is 7.34. The van der Waals surface area contributed by atoms with Crippen molar-refractivity contribution < 1.29 is 14.3 Å². The van der Waals surface area contributed by atoms with E-state index in [2.05, 4.69) is 31.4 Å².